The lowest BCUT2D eigenvalue weighted by molar-refractivity contribution is 0.0691. The fourth-order valence-corrected chi connectivity index (χ4v) is 3.28. The van der Waals surface area contributed by atoms with Crippen LogP contribution in [0.5, 0.6) is 5.75 Å². The topological polar surface area (TPSA) is 64.4 Å². The third-order valence-corrected chi connectivity index (χ3v) is 4.56. The zero-order valence-electron chi connectivity index (χ0n) is 14.2. The summed E-state index contributed by atoms with van der Waals surface area (Å²) in [5.74, 6) is -1.45. The molecular weight excluding hydrogens is 335 g/mol. The normalized spacial score (nSPS) is 12.7. The first-order valence-electron chi connectivity index (χ1n) is 8.30. The molecule has 1 aliphatic rings. The number of carbonyl (C=O) groups is 1. The van der Waals surface area contributed by atoms with Crippen LogP contribution in [-0.2, 0) is 19.9 Å². The molecule has 1 N–H and O–H groups in total. The maximum Gasteiger partial charge on any atom is 0.338 e. The SMILES string of the molecule is Cn1cnc(-c2ccc(Cc3cc(C(=O)O)c(F)c4c3OCC4)cc2)c1. The van der Waals surface area contributed by atoms with Crippen molar-refractivity contribution in [1.82, 2.24) is 9.55 Å². The van der Waals surface area contributed by atoms with Gasteiger partial charge in [0.25, 0.3) is 0 Å². The lowest BCUT2D eigenvalue weighted by atomic mass is 9.96. The molecule has 0 unspecified atom stereocenters. The predicted molar refractivity (Wildman–Crippen MR) is 94.0 cm³/mol. The van der Waals surface area contributed by atoms with Crippen LogP contribution < -0.4 is 4.74 Å². The second kappa shape index (κ2) is 6.29. The van der Waals surface area contributed by atoms with Crippen molar-refractivity contribution in [3.8, 4) is 17.0 Å². The molecule has 0 radical (unpaired) electrons. The van der Waals surface area contributed by atoms with Gasteiger partial charge in [-0.25, -0.2) is 14.2 Å². The fourth-order valence-electron chi connectivity index (χ4n) is 3.28. The molecule has 0 saturated carbocycles. The molecule has 26 heavy (non-hydrogen) atoms. The van der Waals surface area contributed by atoms with Crippen LogP contribution in [0.3, 0.4) is 0 Å². The van der Waals surface area contributed by atoms with E-state index < -0.39 is 11.8 Å². The molecular formula is C20H17FN2O3. The molecule has 4 rings (SSSR count). The number of benzene rings is 2. The van der Waals surface area contributed by atoms with Crippen LogP contribution in [0.25, 0.3) is 11.3 Å². The third-order valence-electron chi connectivity index (χ3n) is 4.56. The Morgan fingerprint density at radius 3 is 2.77 bits per heavy atom. The Balaban J connectivity index is 1.66. The second-order valence-electron chi connectivity index (χ2n) is 6.41. The number of nitrogens with zero attached hydrogens (tertiary/aromatic N) is 2. The molecule has 132 valence electrons. The van der Waals surface area contributed by atoms with Crippen LogP contribution >= 0.6 is 0 Å². The first-order valence-corrected chi connectivity index (χ1v) is 8.30. The Morgan fingerprint density at radius 2 is 2.12 bits per heavy atom. The molecule has 0 atom stereocenters. The molecule has 0 saturated heterocycles. The van der Waals surface area contributed by atoms with Gasteiger partial charge >= 0.3 is 5.97 Å². The van der Waals surface area contributed by atoms with Crippen molar-refractivity contribution in [2.45, 2.75) is 12.8 Å². The van der Waals surface area contributed by atoms with Crippen molar-refractivity contribution in [3.63, 3.8) is 0 Å². The van der Waals surface area contributed by atoms with Crippen molar-refractivity contribution in [1.29, 1.82) is 0 Å². The van der Waals surface area contributed by atoms with Crippen molar-refractivity contribution in [2.24, 2.45) is 7.05 Å². The van der Waals surface area contributed by atoms with E-state index in [1.807, 2.05) is 42.1 Å². The molecule has 0 bridgehead atoms. The maximum atomic E-state index is 14.3. The van der Waals surface area contributed by atoms with Gasteiger partial charge in [-0.1, -0.05) is 24.3 Å². The second-order valence-corrected chi connectivity index (χ2v) is 6.41. The highest BCUT2D eigenvalue weighted by atomic mass is 19.1. The zero-order valence-corrected chi connectivity index (χ0v) is 14.2. The van der Waals surface area contributed by atoms with Crippen LogP contribution in [0.4, 0.5) is 4.39 Å². The van der Waals surface area contributed by atoms with E-state index in [0.29, 0.717) is 36.3 Å². The van der Waals surface area contributed by atoms with Gasteiger partial charge in [0, 0.05) is 37.2 Å². The minimum atomic E-state index is -1.26. The van der Waals surface area contributed by atoms with Crippen LogP contribution in [0, 0.1) is 5.82 Å². The summed E-state index contributed by atoms with van der Waals surface area (Å²) in [6.07, 6.45) is 4.56. The number of fused-ring (bicyclic) bond motifs is 1. The summed E-state index contributed by atoms with van der Waals surface area (Å²) in [6, 6.07) is 9.26. The van der Waals surface area contributed by atoms with Crippen molar-refractivity contribution in [2.75, 3.05) is 6.61 Å². The molecule has 2 aromatic carbocycles. The van der Waals surface area contributed by atoms with Crippen LogP contribution in [0.1, 0.15) is 27.0 Å². The van der Waals surface area contributed by atoms with Gasteiger partial charge < -0.3 is 14.4 Å². The maximum absolute atomic E-state index is 14.3. The molecule has 1 aliphatic heterocycles. The Bertz CT molecular complexity index is 993. The minimum Gasteiger partial charge on any atom is -0.493 e. The summed E-state index contributed by atoms with van der Waals surface area (Å²) in [5.41, 5.74) is 3.64. The molecule has 0 spiro atoms. The van der Waals surface area contributed by atoms with E-state index in [0.717, 1.165) is 16.8 Å². The summed E-state index contributed by atoms with van der Waals surface area (Å²) >= 11 is 0. The highest BCUT2D eigenvalue weighted by Gasteiger charge is 2.26. The number of halogens is 1. The number of carboxylic acid groups (broad SMARTS) is 1. The fraction of sp³-hybridized carbons (Fsp3) is 0.200. The number of rotatable bonds is 4. The first-order chi connectivity index (χ1) is 12.5. The summed E-state index contributed by atoms with van der Waals surface area (Å²) in [7, 11) is 1.92. The smallest absolute Gasteiger partial charge is 0.338 e. The summed E-state index contributed by atoms with van der Waals surface area (Å²) < 4.78 is 21.8. The van der Waals surface area contributed by atoms with Gasteiger partial charge in [-0.2, -0.15) is 0 Å². The van der Waals surface area contributed by atoms with E-state index in [-0.39, 0.29) is 5.56 Å². The number of ether oxygens (including phenoxy) is 1. The van der Waals surface area contributed by atoms with Crippen LogP contribution in [0.2, 0.25) is 0 Å². The lowest BCUT2D eigenvalue weighted by Crippen LogP contribution is -2.05. The Labute approximate surface area is 149 Å². The number of carboxylic acids is 1. The monoisotopic (exact) mass is 352 g/mol. The van der Waals surface area contributed by atoms with Crippen LogP contribution in [-0.4, -0.2) is 27.2 Å². The Morgan fingerprint density at radius 1 is 1.35 bits per heavy atom. The minimum absolute atomic E-state index is 0.297. The largest absolute Gasteiger partial charge is 0.493 e. The summed E-state index contributed by atoms with van der Waals surface area (Å²) in [4.78, 5) is 15.7. The highest BCUT2D eigenvalue weighted by molar-refractivity contribution is 5.89. The van der Waals surface area contributed by atoms with E-state index >= 15 is 0 Å². The number of aromatic carboxylic acids is 1. The molecule has 0 fully saturated rings. The van der Waals surface area contributed by atoms with Crippen molar-refractivity contribution < 1.29 is 19.0 Å². The number of hydrogen-bond donors (Lipinski definition) is 1. The van der Waals surface area contributed by atoms with E-state index in [1.54, 1.807) is 6.33 Å². The molecule has 0 aliphatic carbocycles. The number of hydrogen-bond acceptors (Lipinski definition) is 3. The van der Waals surface area contributed by atoms with Gasteiger partial charge in [-0.3, -0.25) is 0 Å². The molecule has 5 nitrogen and oxygen atoms in total. The first kappa shape index (κ1) is 16.3. The average Bonchev–Trinajstić information content (AvgIpc) is 3.27. The Kier molecular flexibility index (Phi) is 3.95. The van der Waals surface area contributed by atoms with Crippen molar-refractivity contribution in [3.05, 3.63) is 70.9 Å². The standard InChI is InChI=1S/C20H17FN2O3/c1-23-10-17(22-11-23)13-4-2-12(3-5-13)8-14-9-16(20(24)25)18(21)15-6-7-26-19(14)15/h2-5,9-11H,6-8H2,1H3,(H,24,25). The molecule has 2 heterocycles. The van der Waals surface area contributed by atoms with Gasteiger partial charge in [0.1, 0.15) is 11.6 Å². The molecule has 0 amide bonds. The average molecular weight is 352 g/mol. The van der Waals surface area contributed by atoms with Gasteiger partial charge in [0.05, 0.1) is 24.2 Å². The molecule has 3 aromatic rings. The quantitative estimate of drug-likeness (QED) is 0.781. The van der Waals surface area contributed by atoms with E-state index in [2.05, 4.69) is 4.98 Å². The number of aromatic nitrogens is 2. The summed E-state index contributed by atoms with van der Waals surface area (Å²) in [6.45, 7) is 0.376. The number of imidazole rings is 1. The van der Waals surface area contributed by atoms with Crippen molar-refractivity contribution >= 4 is 5.97 Å². The third kappa shape index (κ3) is 2.83. The molecule has 1 aromatic heterocycles. The van der Waals surface area contributed by atoms with E-state index in [4.69, 9.17) is 4.74 Å². The zero-order chi connectivity index (χ0) is 18.3. The number of aryl methyl sites for hydroxylation is 1. The van der Waals surface area contributed by atoms with E-state index in [1.165, 1.54) is 6.07 Å². The molecule has 6 heteroatoms. The van der Waals surface area contributed by atoms with Gasteiger partial charge in [-0.15, -0.1) is 0 Å². The van der Waals surface area contributed by atoms with Gasteiger partial charge in [-0.05, 0) is 17.2 Å². The highest BCUT2D eigenvalue weighted by Crippen LogP contribution is 2.35. The van der Waals surface area contributed by atoms with Gasteiger partial charge in [0.15, 0.2) is 0 Å². The summed E-state index contributed by atoms with van der Waals surface area (Å²) in [5, 5.41) is 9.26. The van der Waals surface area contributed by atoms with Gasteiger partial charge in [0.2, 0.25) is 0 Å². The Hall–Kier alpha value is -3.15. The van der Waals surface area contributed by atoms with Crippen LogP contribution in [0.15, 0.2) is 42.9 Å². The van der Waals surface area contributed by atoms with E-state index in [9.17, 15) is 14.3 Å². The predicted octanol–water partition coefficient (Wildman–Crippen LogP) is 3.45. The lowest BCUT2D eigenvalue weighted by Gasteiger charge is -2.11.